The van der Waals surface area contributed by atoms with E-state index in [2.05, 4.69) is 33.7 Å². The van der Waals surface area contributed by atoms with Crippen LogP contribution >= 0.6 is 11.8 Å². The van der Waals surface area contributed by atoms with Crippen molar-refractivity contribution >= 4 is 17.7 Å². The molecule has 2 atom stereocenters. The van der Waals surface area contributed by atoms with Crippen LogP contribution in [0.5, 0.6) is 0 Å². The molecule has 0 unspecified atom stereocenters. The molecule has 2 aromatic heterocycles. The Balaban J connectivity index is 1.40. The lowest BCUT2D eigenvalue weighted by Gasteiger charge is -2.27. The number of hydrogen-bond acceptors (Lipinski definition) is 5. The summed E-state index contributed by atoms with van der Waals surface area (Å²) in [5.74, 6) is 1.48. The van der Waals surface area contributed by atoms with Crippen LogP contribution in [-0.4, -0.2) is 25.9 Å². The fraction of sp³-hybridized carbons (Fsp3) is 0.269. The highest BCUT2D eigenvalue weighted by atomic mass is 32.2. The van der Waals surface area contributed by atoms with Crippen molar-refractivity contribution in [3.05, 3.63) is 83.8 Å². The molecule has 2 heterocycles. The number of furan rings is 1. The zero-order valence-electron chi connectivity index (χ0n) is 18.7. The summed E-state index contributed by atoms with van der Waals surface area (Å²) >= 11 is 1.41. The largest absolute Gasteiger partial charge is 0.469 e. The van der Waals surface area contributed by atoms with Gasteiger partial charge in [0.15, 0.2) is 11.0 Å². The number of hydrogen-bond donors (Lipinski definition) is 1. The number of carbonyl (C=O) groups is 1. The molecule has 168 valence electrons. The molecule has 4 aromatic rings. The smallest absolute Gasteiger partial charge is 0.233 e. The molecule has 0 radical (unpaired) electrons. The van der Waals surface area contributed by atoms with Gasteiger partial charge in [0.25, 0.3) is 0 Å². The van der Waals surface area contributed by atoms with Crippen LogP contribution in [0.3, 0.4) is 0 Å². The van der Waals surface area contributed by atoms with Gasteiger partial charge in [-0.3, -0.25) is 9.36 Å². The number of nitrogens with one attached hydrogen (secondary N) is 1. The normalized spacial score (nSPS) is 16.2. The van der Waals surface area contributed by atoms with Crippen LogP contribution in [0.2, 0.25) is 0 Å². The van der Waals surface area contributed by atoms with Gasteiger partial charge in [-0.2, -0.15) is 0 Å². The third-order valence-corrected chi connectivity index (χ3v) is 7.13. The summed E-state index contributed by atoms with van der Waals surface area (Å²) < 4.78 is 7.49. The number of benzene rings is 2. The summed E-state index contributed by atoms with van der Waals surface area (Å²) in [5.41, 5.74) is 4.39. The number of nitrogens with zero attached hydrogens (tertiary/aromatic N) is 3. The number of fused-ring (bicyclic) bond motifs is 1. The summed E-state index contributed by atoms with van der Waals surface area (Å²) in [7, 11) is 0. The summed E-state index contributed by atoms with van der Waals surface area (Å²) in [4.78, 5) is 13.2. The van der Waals surface area contributed by atoms with Crippen LogP contribution in [0.1, 0.15) is 42.7 Å². The van der Waals surface area contributed by atoms with Gasteiger partial charge in [-0.25, -0.2) is 0 Å². The van der Waals surface area contributed by atoms with E-state index in [0.29, 0.717) is 11.0 Å². The van der Waals surface area contributed by atoms with Crippen molar-refractivity contribution in [3.8, 4) is 17.1 Å². The Hall–Kier alpha value is -3.32. The average molecular weight is 459 g/mol. The molecule has 0 saturated heterocycles. The topological polar surface area (TPSA) is 72.9 Å². The Morgan fingerprint density at radius 1 is 1.12 bits per heavy atom. The average Bonchev–Trinajstić information content (AvgIpc) is 3.45. The van der Waals surface area contributed by atoms with Gasteiger partial charge >= 0.3 is 0 Å². The van der Waals surface area contributed by atoms with E-state index in [0.717, 1.165) is 36.3 Å². The van der Waals surface area contributed by atoms with Crippen LogP contribution in [0.4, 0.5) is 0 Å². The van der Waals surface area contributed by atoms with Crippen LogP contribution < -0.4 is 5.32 Å². The molecule has 1 N–H and O–H groups in total. The van der Waals surface area contributed by atoms with E-state index in [1.165, 1.54) is 22.9 Å². The highest BCUT2D eigenvalue weighted by Gasteiger charge is 2.26. The molecule has 6 nitrogen and oxygen atoms in total. The van der Waals surface area contributed by atoms with E-state index in [1.807, 2.05) is 60.9 Å². The van der Waals surface area contributed by atoms with Crippen molar-refractivity contribution in [2.75, 3.05) is 0 Å². The number of carbonyl (C=O) groups excluding carboxylic acids is 1. The van der Waals surface area contributed by atoms with Crippen molar-refractivity contribution in [2.45, 2.75) is 49.6 Å². The van der Waals surface area contributed by atoms with Gasteiger partial charge in [-0.15, -0.1) is 10.2 Å². The molecule has 7 heteroatoms. The summed E-state index contributed by atoms with van der Waals surface area (Å²) in [6.45, 7) is 3.83. The second-order valence-electron chi connectivity index (χ2n) is 8.28. The van der Waals surface area contributed by atoms with Crippen molar-refractivity contribution in [1.82, 2.24) is 20.1 Å². The third kappa shape index (κ3) is 4.33. The minimum Gasteiger partial charge on any atom is -0.469 e. The quantitative estimate of drug-likeness (QED) is 0.386. The van der Waals surface area contributed by atoms with Gasteiger partial charge in [0, 0.05) is 5.69 Å². The molecule has 2 aromatic carbocycles. The molecule has 33 heavy (non-hydrogen) atoms. The summed E-state index contributed by atoms with van der Waals surface area (Å²) in [5, 5.41) is 12.5. The highest BCUT2D eigenvalue weighted by Crippen LogP contribution is 2.33. The maximum absolute atomic E-state index is 13.2. The van der Waals surface area contributed by atoms with E-state index in [4.69, 9.17) is 4.42 Å². The Bertz CT molecular complexity index is 1260. The van der Waals surface area contributed by atoms with E-state index in [9.17, 15) is 4.79 Å². The van der Waals surface area contributed by atoms with Crippen molar-refractivity contribution in [3.63, 3.8) is 0 Å². The van der Waals surface area contributed by atoms with Crippen LogP contribution in [0.15, 0.2) is 76.5 Å². The molecule has 0 aliphatic heterocycles. The Morgan fingerprint density at radius 3 is 2.70 bits per heavy atom. The Morgan fingerprint density at radius 2 is 1.91 bits per heavy atom. The van der Waals surface area contributed by atoms with Gasteiger partial charge in [-0.05, 0) is 62.4 Å². The third-order valence-electron chi connectivity index (χ3n) is 6.08. The molecular weight excluding hydrogens is 432 g/mol. The maximum atomic E-state index is 13.2. The van der Waals surface area contributed by atoms with Gasteiger partial charge in [-0.1, -0.05) is 54.2 Å². The van der Waals surface area contributed by atoms with E-state index < -0.39 is 0 Å². The minimum atomic E-state index is -0.330. The maximum Gasteiger partial charge on any atom is 0.233 e. The minimum absolute atomic E-state index is 0.00496. The first kappa shape index (κ1) is 21.5. The standard InChI is InChI=1S/C26H26N4O2S/c1-17-21(15-16-32-17)24-28-29-26(30(24)20-11-4-3-5-12-20)33-18(2)25(31)27-23-14-8-10-19-9-6-7-13-22(19)23/h3-7,9,11-13,15-16,18,23H,8,10,14H2,1-2H3,(H,27,31)/t18-,23+/m1/s1. The second-order valence-corrected chi connectivity index (χ2v) is 9.59. The lowest BCUT2D eigenvalue weighted by molar-refractivity contribution is -0.121. The van der Waals surface area contributed by atoms with Crippen molar-refractivity contribution in [2.24, 2.45) is 0 Å². The fourth-order valence-corrected chi connectivity index (χ4v) is 5.23. The number of amides is 1. The number of rotatable bonds is 6. The molecule has 0 saturated carbocycles. The fourth-order valence-electron chi connectivity index (χ4n) is 4.35. The molecule has 0 bridgehead atoms. The molecule has 1 aliphatic carbocycles. The predicted molar refractivity (Wildman–Crippen MR) is 129 cm³/mol. The molecule has 5 rings (SSSR count). The lowest BCUT2D eigenvalue weighted by Crippen LogP contribution is -2.36. The SMILES string of the molecule is Cc1occc1-c1nnc(S[C@H](C)C(=O)N[C@H]2CCCc3ccccc32)n1-c1ccccc1. The Labute approximate surface area is 197 Å². The highest BCUT2D eigenvalue weighted by molar-refractivity contribution is 8.00. The van der Waals surface area contributed by atoms with Crippen molar-refractivity contribution < 1.29 is 9.21 Å². The number of thioether (sulfide) groups is 1. The van der Waals surface area contributed by atoms with Crippen molar-refractivity contribution in [1.29, 1.82) is 0 Å². The first-order valence-electron chi connectivity index (χ1n) is 11.2. The molecule has 0 spiro atoms. The van der Waals surface area contributed by atoms with E-state index in [1.54, 1.807) is 6.26 Å². The van der Waals surface area contributed by atoms with Gasteiger partial charge in [0.05, 0.1) is 23.1 Å². The van der Waals surface area contributed by atoms with Gasteiger partial charge < -0.3 is 9.73 Å². The molecule has 0 fully saturated rings. The van der Waals surface area contributed by atoms with Crippen LogP contribution in [-0.2, 0) is 11.2 Å². The zero-order chi connectivity index (χ0) is 22.8. The molecule has 1 amide bonds. The monoisotopic (exact) mass is 458 g/mol. The van der Waals surface area contributed by atoms with E-state index in [-0.39, 0.29) is 17.2 Å². The summed E-state index contributed by atoms with van der Waals surface area (Å²) in [6.07, 6.45) is 4.77. The van der Waals surface area contributed by atoms with Gasteiger partial charge in [0.1, 0.15) is 5.76 Å². The van der Waals surface area contributed by atoms with Gasteiger partial charge in [0.2, 0.25) is 5.91 Å². The lowest BCUT2D eigenvalue weighted by atomic mass is 9.88. The number of aromatic nitrogens is 3. The van der Waals surface area contributed by atoms with E-state index >= 15 is 0 Å². The van der Waals surface area contributed by atoms with Crippen LogP contribution in [0.25, 0.3) is 17.1 Å². The zero-order valence-corrected chi connectivity index (χ0v) is 19.5. The molecular formula is C26H26N4O2S. The van der Waals surface area contributed by atoms with Crippen LogP contribution in [0, 0.1) is 6.92 Å². The molecule has 1 aliphatic rings. The number of para-hydroxylation sites is 1. The predicted octanol–water partition coefficient (Wildman–Crippen LogP) is 5.51. The first-order chi connectivity index (χ1) is 16.1. The summed E-state index contributed by atoms with van der Waals surface area (Å²) in [6, 6.07) is 20.3. The second kappa shape index (κ2) is 9.27. The Kier molecular flexibility index (Phi) is 6.05. The first-order valence-corrected chi connectivity index (χ1v) is 12.1. The number of aryl methyl sites for hydroxylation is 2.